The molecular weight excluding hydrogens is 407 g/mol. The Morgan fingerprint density at radius 1 is 1.00 bits per heavy atom. The summed E-state index contributed by atoms with van der Waals surface area (Å²) in [6, 6.07) is 11.4. The van der Waals surface area contributed by atoms with Crippen molar-refractivity contribution in [3.8, 4) is 5.75 Å². The topological polar surface area (TPSA) is 67.4 Å². The molecule has 8 heteroatoms. The maximum atomic E-state index is 11.9. The van der Waals surface area contributed by atoms with E-state index in [0.29, 0.717) is 15.8 Å². The van der Waals surface area contributed by atoms with Gasteiger partial charge in [0.1, 0.15) is 5.75 Å². The predicted molar refractivity (Wildman–Crippen MR) is 91.7 cm³/mol. The number of hydrogen-bond donors (Lipinski definition) is 2. The molecule has 5 nitrogen and oxygen atoms in total. The van der Waals surface area contributed by atoms with Gasteiger partial charge in [0.05, 0.1) is 0 Å². The van der Waals surface area contributed by atoms with Crippen LogP contribution in [0.4, 0.5) is 0 Å². The van der Waals surface area contributed by atoms with Crippen LogP contribution in [-0.4, -0.2) is 18.4 Å². The van der Waals surface area contributed by atoms with Crippen molar-refractivity contribution in [1.29, 1.82) is 0 Å². The van der Waals surface area contributed by atoms with Crippen LogP contribution in [0.5, 0.6) is 5.75 Å². The van der Waals surface area contributed by atoms with E-state index in [2.05, 4.69) is 26.8 Å². The molecule has 0 saturated heterocycles. The third kappa shape index (κ3) is 5.74. The summed E-state index contributed by atoms with van der Waals surface area (Å²) >= 11 is 14.9. The number of ether oxygens (including phenoxy) is 1. The summed E-state index contributed by atoms with van der Waals surface area (Å²) in [5.74, 6) is -0.503. The Kier molecular flexibility index (Phi) is 6.27. The number of hydrazine groups is 1. The van der Waals surface area contributed by atoms with E-state index in [1.807, 2.05) is 0 Å². The number of carbonyl (C=O) groups excluding carboxylic acids is 2. The van der Waals surface area contributed by atoms with Gasteiger partial charge < -0.3 is 4.74 Å². The fourth-order valence-corrected chi connectivity index (χ4v) is 2.39. The molecule has 2 rings (SSSR count). The Morgan fingerprint density at radius 2 is 1.61 bits per heavy atom. The molecule has 0 spiro atoms. The van der Waals surface area contributed by atoms with Crippen LogP contribution in [-0.2, 0) is 4.79 Å². The monoisotopic (exact) mass is 416 g/mol. The summed E-state index contributed by atoms with van der Waals surface area (Å²) < 4.78 is 6.18. The lowest BCUT2D eigenvalue weighted by atomic mass is 10.2. The molecular formula is C15H11BrCl2N2O3. The molecule has 23 heavy (non-hydrogen) atoms. The Labute approximate surface area is 151 Å². The van der Waals surface area contributed by atoms with Crippen molar-refractivity contribution in [1.82, 2.24) is 10.9 Å². The van der Waals surface area contributed by atoms with Crippen LogP contribution < -0.4 is 15.6 Å². The molecule has 2 aromatic rings. The minimum Gasteiger partial charge on any atom is -0.484 e. The van der Waals surface area contributed by atoms with Gasteiger partial charge in [-0.2, -0.15) is 0 Å². The zero-order valence-corrected chi connectivity index (χ0v) is 14.7. The van der Waals surface area contributed by atoms with Crippen molar-refractivity contribution in [2.24, 2.45) is 0 Å². The van der Waals surface area contributed by atoms with E-state index >= 15 is 0 Å². The van der Waals surface area contributed by atoms with Crippen LogP contribution in [0.15, 0.2) is 46.9 Å². The van der Waals surface area contributed by atoms with Gasteiger partial charge in [-0.15, -0.1) is 0 Å². The van der Waals surface area contributed by atoms with Crippen LogP contribution in [0.1, 0.15) is 10.4 Å². The number of benzene rings is 2. The minimum absolute atomic E-state index is 0.233. The van der Waals surface area contributed by atoms with E-state index in [9.17, 15) is 9.59 Å². The predicted octanol–water partition coefficient (Wildman–Crippen LogP) is 3.60. The molecule has 0 atom stereocenters. The van der Waals surface area contributed by atoms with Crippen LogP contribution in [0.2, 0.25) is 10.0 Å². The molecule has 0 bridgehead atoms. The molecule has 2 N–H and O–H groups in total. The van der Waals surface area contributed by atoms with Gasteiger partial charge in [-0.3, -0.25) is 20.4 Å². The molecule has 0 aliphatic heterocycles. The quantitative estimate of drug-likeness (QED) is 0.747. The lowest BCUT2D eigenvalue weighted by Crippen LogP contribution is -2.43. The van der Waals surface area contributed by atoms with Gasteiger partial charge in [-0.25, -0.2) is 0 Å². The Hall–Kier alpha value is -1.76. The minimum atomic E-state index is -0.536. The highest BCUT2D eigenvalue weighted by molar-refractivity contribution is 9.10. The zero-order chi connectivity index (χ0) is 16.8. The van der Waals surface area contributed by atoms with Gasteiger partial charge in [0.2, 0.25) is 0 Å². The summed E-state index contributed by atoms with van der Waals surface area (Å²) in [7, 11) is 0. The average molecular weight is 418 g/mol. The van der Waals surface area contributed by atoms with Crippen LogP contribution in [0.25, 0.3) is 0 Å². The van der Waals surface area contributed by atoms with E-state index in [1.54, 1.807) is 24.3 Å². The number of halogens is 3. The van der Waals surface area contributed by atoms with Crippen molar-refractivity contribution < 1.29 is 14.3 Å². The van der Waals surface area contributed by atoms with Crippen LogP contribution >= 0.6 is 39.1 Å². The molecule has 2 amide bonds. The molecule has 0 aliphatic carbocycles. The van der Waals surface area contributed by atoms with E-state index in [4.69, 9.17) is 27.9 Å². The Balaban J connectivity index is 1.81. The van der Waals surface area contributed by atoms with Gasteiger partial charge >= 0.3 is 0 Å². The van der Waals surface area contributed by atoms with Crippen molar-refractivity contribution in [3.05, 3.63) is 62.5 Å². The normalized spacial score (nSPS) is 10.0. The third-order valence-electron chi connectivity index (χ3n) is 2.62. The molecule has 0 radical (unpaired) electrons. The first-order valence-electron chi connectivity index (χ1n) is 6.37. The highest BCUT2D eigenvalue weighted by Gasteiger charge is 2.09. The molecule has 120 valence electrons. The van der Waals surface area contributed by atoms with Crippen molar-refractivity contribution in [2.75, 3.05) is 6.61 Å². The molecule has 0 fully saturated rings. The number of rotatable bonds is 4. The van der Waals surface area contributed by atoms with Crippen molar-refractivity contribution >= 4 is 50.9 Å². The maximum absolute atomic E-state index is 11.9. The Morgan fingerprint density at radius 3 is 2.22 bits per heavy atom. The number of hydrogen-bond acceptors (Lipinski definition) is 3. The molecule has 0 saturated carbocycles. The fraction of sp³-hybridized carbons (Fsp3) is 0.0667. The van der Waals surface area contributed by atoms with Gasteiger partial charge in [0, 0.05) is 20.1 Å². The summed E-state index contributed by atoms with van der Waals surface area (Å²) in [6.07, 6.45) is 0. The molecule has 0 aliphatic rings. The smallest absolute Gasteiger partial charge is 0.276 e. The average Bonchev–Trinajstić information content (AvgIpc) is 2.51. The fourth-order valence-electron chi connectivity index (χ4n) is 1.60. The summed E-state index contributed by atoms with van der Waals surface area (Å²) in [5, 5.41) is 0.653. The zero-order valence-electron chi connectivity index (χ0n) is 11.6. The highest BCUT2D eigenvalue weighted by Crippen LogP contribution is 2.19. The summed E-state index contributed by atoms with van der Waals surface area (Å²) in [4.78, 5) is 23.5. The standard InChI is InChI=1S/C15H11BrCl2N2O3/c16-10-1-3-13(4-2-10)23-8-14(21)19-20-15(22)9-5-11(17)7-12(18)6-9/h1-7H,8H2,(H,19,21)(H,20,22). The number of nitrogens with one attached hydrogen (secondary N) is 2. The van der Waals surface area contributed by atoms with E-state index in [-0.39, 0.29) is 12.2 Å². The first-order chi connectivity index (χ1) is 10.9. The maximum Gasteiger partial charge on any atom is 0.276 e. The van der Waals surface area contributed by atoms with Crippen LogP contribution in [0.3, 0.4) is 0 Å². The third-order valence-corrected chi connectivity index (χ3v) is 3.59. The second-order valence-electron chi connectivity index (χ2n) is 4.40. The van der Waals surface area contributed by atoms with E-state index in [0.717, 1.165) is 4.47 Å². The number of amides is 2. The molecule has 0 unspecified atom stereocenters. The first-order valence-corrected chi connectivity index (χ1v) is 7.92. The van der Waals surface area contributed by atoms with Gasteiger partial charge in [0.15, 0.2) is 6.61 Å². The van der Waals surface area contributed by atoms with Gasteiger partial charge in [-0.1, -0.05) is 39.1 Å². The van der Waals surface area contributed by atoms with E-state index < -0.39 is 11.8 Å². The highest BCUT2D eigenvalue weighted by atomic mass is 79.9. The lowest BCUT2D eigenvalue weighted by Gasteiger charge is -2.09. The van der Waals surface area contributed by atoms with Gasteiger partial charge in [-0.05, 0) is 42.5 Å². The SMILES string of the molecule is O=C(COc1ccc(Br)cc1)NNC(=O)c1cc(Cl)cc(Cl)c1. The number of carbonyl (C=O) groups is 2. The first kappa shape index (κ1) is 17.6. The lowest BCUT2D eigenvalue weighted by molar-refractivity contribution is -0.123. The van der Waals surface area contributed by atoms with E-state index in [1.165, 1.54) is 18.2 Å². The largest absolute Gasteiger partial charge is 0.484 e. The van der Waals surface area contributed by atoms with Crippen molar-refractivity contribution in [3.63, 3.8) is 0 Å². The molecule has 0 aromatic heterocycles. The summed E-state index contributed by atoms with van der Waals surface area (Å²) in [6.45, 7) is -0.238. The van der Waals surface area contributed by atoms with Crippen LogP contribution in [0, 0.1) is 0 Å². The Bertz CT molecular complexity index is 703. The second kappa shape index (κ2) is 8.19. The summed E-state index contributed by atoms with van der Waals surface area (Å²) in [5.41, 5.74) is 4.73. The second-order valence-corrected chi connectivity index (χ2v) is 6.19. The van der Waals surface area contributed by atoms with Gasteiger partial charge in [0.25, 0.3) is 11.8 Å². The van der Waals surface area contributed by atoms with Crippen molar-refractivity contribution in [2.45, 2.75) is 0 Å². The molecule has 2 aromatic carbocycles. The molecule has 0 heterocycles.